The largest absolute Gasteiger partial charge is 0.508 e. The van der Waals surface area contributed by atoms with E-state index in [1.807, 2.05) is 0 Å². The van der Waals surface area contributed by atoms with Crippen LogP contribution in [0.2, 0.25) is 0 Å². The Bertz CT molecular complexity index is 636. The number of non-ortho nitro benzene ring substituents is 1. The number of nitro benzene ring substituents is 1. The van der Waals surface area contributed by atoms with E-state index in [9.17, 15) is 15.2 Å². The lowest BCUT2D eigenvalue weighted by Gasteiger charge is -1.99. The number of aromatic hydroxyl groups is 2. The highest BCUT2D eigenvalue weighted by atomic mass is 16.6. The molecule has 0 heterocycles. The lowest BCUT2D eigenvalue weighted by molar-refractivity contribution is -0.384. The van der Waals surface area contributed by atoms with E-state index in [0.717, 1.165) is 0 Å². The Morgan fingerprint density at radius 2 is 1.79 bits per heavy atom. The number of aliphatic imine (C=N–C) groups is 1. The number of benzene rings is 2. The van der Waals surface area contributed by atoms with Gasteiger partial charge in [-0.15, -0.1) is 0 Å². The molecule has 0 aliphatic carbocycles. The van der Waals surface area contributed by atoms with Gasteiger partial charge in [0.25, 0.3) is 5.69 Å². The van der Waals surface area contributed by atoms with Crippen molar-refractivity contribution in [3.8, 4) is 11.5 Å². The van der Waals surface area contributed by atoms with E-state index in [1.165, 1.54) is 36.5 Å². The average Bonchev–Trinajstić information content (AvgIpc) is 2.39. The van der Waals surface area contributed by atoms with Crippen LogP contribution in [0.5, 0.6) is 11.5 Å². The molecular formula is C13H10N2O4. The van der Waals surface area contributed by atoms with Crippen LogP contribution >= 0.6 is 0 Å². The zero-order valence-electron chi connectivity index (χ0n) is 9.72. The summed E-state index contributed by atoms with van der Waals surface area (Å²) in [5, 5.41) is 29.3. The molecule has 0 unspecified atom stereocenters. The van der Waals surface area contributed by atoms with Crippen LogP contribution in [0, 0.1) is 10.1 Å². The molecule has 6 nitrogen and oxygen atoms in total. The molecule has 0 aromatic heterocycles. The first-order chi connectivity index (χ1) is 9.06. The van der Waals surface area contributed by atoms with Crippen LogP contribution < -0.4 is 0 Å². The Balaban J connectivity index is 2.29. The molecule has 0 amide bonds. The van der Waals surface area contributed by atoms with Crippen molar-refractivity contribution in [1.29, 1.82) is 0 Å². The number of phenolic OH excluding ortho intramolecular Hbond substituents is 2. The smallest absolute Gasteiger partial charge is 0.270 e. The predicted octanol–water partition coefficient (Wildman–Crippen LogP) is 2.76. The van der Waals surface area contributed by atoms with E-state index in [2.05, 4.69) is 4.99 Å². The van der Waals surface area contributed by atoms with E-state index in [1.54, 1.807) is 12.1 Å². The number of nitrogens with zero attached hydrogens (tertiary/aromatic N) is 2. The maximum atomic E-state index is 10.6. The van der Waals surface area contributed by atoms with Crippen molar-refractivity contribution in [2.24, 2.45) is 4.99 Å². The van der Waals surface area contributed by atoms with Gasteiger partial charge in [-0.3, -0.25) is 15.1 Å². The molecule has 0 fully saturated rings. The molecule has 96 valence electrons. The van der Waals surface area contributed by atoms with Gasteiger partial charge in [-0.2, -0.15) is 0 Å². The molecule has 2 rings (SSSR count). The fourth-order valence-corrected chi connectivity index (χ4v) is 1.44. The van der Waals surface area contributed by atoms with Crippen molar-refractivity contribution in [3.63, 3.8) is 0 Å². The van der Waals surface area contributed by atoms with Crippen molar-refractivity contribution in [3.05, 3.63) is 58.1 Å². The molecule has 0 atom stereocenters. The Morgan fingerprint density at radius 1 is 1.11 bits per heavy atom. The van der Waals surface area contributed by atoms with Gasteiger partial charge in [0.05, 0.1) is 10.6 Å². The predicted molar refractivity (Wildman–Crippen MR) is 70.1 cm³/mol. The van der Waals surface area contributed by atoms with Crippen LogP contribution in [0.4, 0.5) is 11.4 Å². The normalized spacial score (nSPS) is 10.7. The van der Waals surface area contributed by atoms with E-state index < -0.39 is 4.92 Å². The van der Waals surface area contributed by atoms with Crippen LogP contribution in [0.1, 0.15) is 5.56 Å². The second kappa shape index (κ2) is 5.18. The van der Waals surface area contributed by atoms with Gasteiger partial charge in [0.1, 0.15) is 11.5 Å². The highest BCUT2D eigenvalue weighted by molar-refractivity contribution is 5.86. The van der Waals surface area contributed by atoms with Crippen molar-refractivity contribution >= 4 is 17.6 Å². The summed E-state index contributed by atoms with van der Waals surface area (Å²) in [5.41, 5.74) is 0.691. The highest BCUT2D eigenvalue weighted by Crippen LogP contribution is 2.22. The van der Waals surface area contributed by atoms with Gasteiger partial charge in [0.15, 0.2) is 0 Å². The minimum Gasteiger partial charge on any atom is -0.508 e. The second-order valence-electron chi connectivity index (χ2n) is 3.77. The Morgan fingerprint density at radius 3 is 2.42 bits per heavy atom. The number of hydrogen-bond donors (Lipinski definition) is 2. The maximum absolute atomic E-state index is 10.6. The molecule has 0 bridgehead atoms. The summed E-state index contributed by atoms with van der Waals surface area (Å²) in [5.74, 6) is 0.0327. The third-order valence-electron chi connectivity index (χ3n) is 2.42. The zero-order chi connectivity index (χ0) is 13.8. The molecular weight excluding hydrogens is 248 g/mol. The first-order valence-electron chi connectivity index (χ1n) is 5.37. The van der Waals surface area contributed by atoms with Gasteiger partial charge < -0.3 is 10.2 Å². The topological polar surface area (TPSA) is 96.0 Å². The molecule has 0 aliphatic heterocycles. The lowest BCUT2D eigenvalue weighted by Crippen LogP contribution is -1.90. The molecule has 0 radical (unpaired) electrons. The fourth-order valence-electron chi connectivity index (χ4n) is 1.44. The molecule has 0 saturated carbocycles. The summed E-state index contributed by atoms with van der Waals surface area (Å²) in [7, 11) is 0. The van der Waals surface area contributed by atoms with Gasteiger partial charge in [-0.25, -0.2) is 0 Å². The summed E-state index contributed by atoms with van der Waals surface area (Å²) >= 11 is 0. The number of hydrogen-bond acceptors (Lipinski definition) is 5. The number of nitro groups is 1. The third-order valence-corrected chi connectivity index (χ3v) is 2.42. The molecule has 2 aromatic rings. The molecule has 0 aliphatic rings. The van der Waals surface area contributed by atoms with Crippen molar-refractivity contribution < 1.29 is 15.1 Å². The lowest BCUT2D eigenvalue weighted by atomic mass is 10.2. The molecule has 0 spiro atoms. The summed E-state index contributed by atoms with van der Waals surface area (Å²) in [4.78, 5) is 14.1. The van der Waals surface area contributed by atoms with Gasteiger partial charge in [-0.1, -0.05) is 0 Å². The zero-order valence-corrected chi connectivity index (χ0v) is 9.72. The molecule has 2 N–H and O–H groups in total. The van der Waals surface area contributed by atoms with Crippen LogP contribution in [-0.4, -0.2) is 21.4 Å². The van der Waals surface area contributed by atoms with Crippen LogP contribution in [0.25, 0.3) is 0 Å². The number of phenols is 2. The van der Waals surface area contributed by atoms with E-state index >= 15 is 0 Å². The minimum absolute atomic E-state index is 0.0897. The first-order valence-corrected chi connectivity index (χ1v) is 5.37. The van der Waals surface area contributed by atoms with Crippen molar-refractivity contribution in [1.82, 2.24) is 0 Å². The third kappa shape index (κ3) is 3.06. The quantitative estimate of drug-likeness (QED) is 0.502. The van der Waals surface area contributed by atoms with E-state index in [0.29, 0.717) is 5.69 Å². The van der Waals surface area contributed by atoms with Gasteiger partial charge >= 0.3 is 0 Å². The first kappa shape index (κ1) is 12.6. The Labute approximate surface area is 108 Å². The summed E-state index contributed by atoms with van der Waals surface area (Å²) in [6.07, 6.45) is 1.33. The fraction of sp³-hybridized carbons (Fsp3) is 0. The Hall–Kier alpha value is -2.89. The van der Waals surface area contributed by atoms with E-state index in [4.69, 9.17) is 5.11 Å². The summed E-state index contributed by atoms with van der Waals surface area (Å²) in [6.45, 7) is 0. The maximum Gasteiger partial charge on any atom is 0.270 e. The number of rotatable bonds is 3. The summed E-state index contributed by atoms with van der Waals surface area (Å²) < 4.78 is 0. The SMILES string of the molecule is O=[N+]([O-])c1ccc(O)c(C=Nc2ccc(O)cc2)c1. The van der Waals surface area contributed by atoms with Crippen LogP contribution in [0.15, 0.2) is 47.5 Å². The van der Waals surface area contributed by atoms with Gasteiger partial charge in [-0.05, 0) is 30.3 Å². The molecule has 19 heavy (non-hydrogen) atoms. The molecule has 2 aromatic carbocycles. The van der Waals surface area contributed by atoms with E-state index in [-0.39, 0.29) is 22.7 Å². The Kier molecular flexibility index (Phi) is 3.42. The van der Waals surface area contributed by atoms with Crippen LogP contribution in [0.3, 0.4) is 0 Å². The highest BCUT2D eigenvalue weighted by Gasteiger charge is 2.08. The van der Waals surface area contributed by atoms with Gasteiger partial charge in [0.2, 0.25) is 0 Å². The van der Waals surface area contributed by atoms with Crippen molar-refractivity contribution in [2.75, 3.05) is 0 Å². The average molecular weight is 258 g/mol. The monoisotopic (exact) mass is 258 g/mol. The van der Waals surface area contributed by atoms with Gasteiger partial charge in [0, 0.05) is 23.9 Å². The standard InChI is InChI=1S/C13H10N2O4/c16-12-4-1-10(2-5-12)14-8-9-7-11(15(18)19)3-6-13(9)17/h1-8,16-17H. The second-order valence-corrected chi connectivity index (χ2v) is 3.77. The van der Waals surface area contributed by atoms with Crippen LogP contribution in [-0.2, 0) is 0 Å². The molecule has 0 saturated heterocycles. The summed E-state index contributed by atoms with van der Waals surface area (Å²) in [6, 6.07) is 9.81. The molecule has 6 heteroatoms. The van der Waals surface area contributed by atoms with Crippen molar-refractivity contribution in [2.45, 2.75) is 0 Å². The minimum atomic E-state index is -0.544.